The average molecular weight is 252 g/mol. The van der Waals surface area contributed by atoms with Crippen LogP contribution in [0.5, 0.6) is 0 Å². The lowest BCUT2D eigenvalue weighted by molar-refractivity contribution is 0.123. The fraction of sp³-hybridized carbons (Fsp3) is 0.571. The van der Waals surface area contributed by atoms with E-state index >= 15 is 0 Å². The van der Waals surface area contributed by atoms with E-state index in [1.807, 2.05) is 6.07 Å². The van der Waals surface area contributed by atoms with Crippen molar-refractivity contribution in [3.63, 3.8) is 0 Å². The maximum absolute atomic E-state index is 12.9. The molecule has 2 rings (SSSR count). The Kier molecular flexibility index (Phi) is 5.11. The molecule has 1 aliphatic rings. The minimum absolute atomic E-state index is 0.216. The fourth-order valence-electron chi connectivity index (χ4n) is 2.36. The third-order valence-electron chi connectivity index (χ3n) is 3.27. The Balaban J connectivity index is 1.65. The van der Waals surface area contributed by atoms with E-state index in [0.717, 1.165) is 25.2 Å². The van der Waals surface area contributed by atoms with Crippen LogP contribution in [0.15, 0.2) is 24.3 Å². The first kappa shape index (κ1) is 13.5. The summed E-state index contributed by atoms with van der Waals surface area (Å²) in [6.07, 6.45) is 2.13. The first-order valence-electron chi connectivity index (χ1n) is 6.59. The molecular weight excluding hydrogens is 231 g/mol. The molecule has 18 heavy (non-hydrogen) atoms. The maximum atomic E-state index is 12.9. The number of benzene rings is 1. The first-order chi connectivity index (χ1) is 8.74. The molecule has 0 aliphatic carbocycles. The van der Waals surface area contributed by atoms with Gasteiger partial charge < -0.3 is 15.3 Å². The van der Waals surface area contributed by atoms with Gasteiger partial charge >= 0.3 is 0 Å². The summed E-state index contributed by atoms with van der Waals surface area (Å²) in [4.78, 5) is 2.29. The number of β-amino-alcohol motifs (C(OH)–C–C–N with tert-alkyl or cyclic N) is 1. The largest absolute Gasteiger partial charge is 0.390 e. The van der Waals surface area contributed by atoms with Gasteiger partial charge in [0.25, 0.3) is 0 Å². The van der Waals surface area contributed by atoms with Crippen LogP contribution in [0.4, 0.5) is 4.39 Å². The topological polar surface area (TPSA) is 35.5 Å². The molecule has 4 heteroatoms. The van der Waals surface area contributed by atoms with E-state index in [0.29, 0.717) is 13.1 Å². The summed E-state index contributed by atoms with van der Waals surface area (Å²) in [5, 5.41) is 13.0. The van der Waals surface area contributed by atoms with Crippen molar-refractivity contribution in [3.8, 4) is 0 Å². The summed E-state index contributed by atoms with van der Waals surface area (Å²) < 4.78 is 12.9. The van der Waals surface area contributed by atoms with Crippen molar-refractivity contribution in [2.75, 3.05) is 26.2 Å². The molecule has 3 nitrogen and oxygen atoms in total. The smallest absolute Gasteiger partial charge is 0.123 e. The number of rotatable bonds is 6. The Morgan fingerprint density at radius 3 is 2.83 bits per heavy atom. The van der Waals surface area contributed by atoms with Gasteiger partial charge in [0.1, 0.15) is 5.82 Å². The van der Waals surface area contributed by atoms with Gasteiger partial charge in [0, 0.05) is 19.6 Å². The summed E-state index contributed by atoms with van der Waals surface area (Å²) in [7, 11) is 0. The van der Waals surface area contributed by atoms with Gasteiger partial charge in [-0.2, -0.15) is 0 Å². The standard InChI is InChI=1S/C14H21FN2O/c15-13-5-3-4-12(8-13)9-16-10-14(18)11-17-6-1-2-7-17/h3-5,8,14,16,18H,1-2,6-7,9-11H2. The van der Waals surface area contributed by atoms with Crippen LogP contribution >= 0.6 is 0 Å². The number of hydrogen-bond acceptors (Lipinski definition) is 3. The van der Waals surface area contributed by atoms with E-state index in [4.69, 9.17) is 0 Å². The highest BCUT2D eigenvalue weighted by Crippen LogP contribution is 2.07. The van der Waals surface area contributed by atoms with Crippen LogP contribution in [0.2, 0.25) is 0 Å². The molecule has 1 heterocycles. The highest BCUT2D eigenvalue weighted by atomic mass is 19.1. The van der Waals surface area contributed by atoms with Crippen molar-refractivity contribution in [2.24, 2.45) is 0 Å². The van der Waals surface area contributed by atoms with Crippen LogP contribution in [0, 0.1) is 5.82 Å². The Bertz CT molecular complexity index is 367. The number of hydrogen-bond donors (Lipinski definition) is 2. The second-order valence-electron chi connectivity index (χ2n) is 4.92. The predicted octanol–water partition coefficient (Wildman–Crippen LogP) is 1.37. The average Bonchev–Trinajstić information content (AvgIpc) is 2.82. The number of nitrogens with zero attached hydrogens (tertiary/aromatic N) is 1. The molecule has 1 saturated heterocycles. The molecule has 0 aromatic heterocycles. The molecule has 100 valence electrons. The lowest BCUT2D eigenvalue weighted by Crippen LogP contribution is -2.36. The zero-order chi connectivity index (χ0) is 12.8. The normalized spacial score (nSPS) is 18.1. The summed E-state index contributed by atoms with van der Waals surface area (Å²) in [6.45, 7) is 4.07. The highest BCUT2D eigenvalue weighted by molar-refractivity contribution is 5.15. The Labute approximate surface area is 108 Å². The van der Waals surface area contributed by atoms with Crippen LogP contribution in [0.3, 0.4) is 0 Å². The number of nitrogens with one attached hydrogen (secondary N) is 1. The van der Waals surface area contributed by atoms with Crippen LogP contribution in [-0.2, 0) is 6.54 Å². The quantitative estimate of drug-likeness (QED) is 0.802. The van der Waals surface area contributed by atoms with Gasteiger partial charge in [-0.3, -0.25) is 0 Å². The van der Waals surface area contributed by atoms with Crippen molar-refractivity contribution < 1.29 is 9.50 Å². The summed E-state index contributed by atoms with van der Waals surface area (Å²) in [6, 6.07) is 6.53. The van der Waals surface area contributed by atoms with Crippen molar-refractivity contribution in [3.05, 3.63) is 35.6 Å². The molecule has 2 N–H and O–H groups in total. The predicted molar refractivity (Wildman–Crippen MR) is 69.8 cm³/mol. The summed E-state index contributed by atoms with van der Waals surface area (Å²) >= 11 is 0. The number of aliphatic hydroxyl groups excluding tert-OH is 1. The van der Waals surface area contributed by atoms with Crippen molar-refractivity contribution >= 4 is 0 Å². The minimum atomic E-state index is -0.350. The maximum Gasteiger partial charge on any atom is 0.123 e. The van der Waals surface area contributed by atoms with Crippen molar-refractivity contribution in [2.45, 2.75) is 25.5 Å². The van der Waals surface area contributed by atoms with Gasteiger partial charge in [0.05, 0.1) is 6.10 Å². The van der Waals surface area contributed by atoms with Gasteiger partial charge in [0.2, 0.25) is 0 Å². The molecule has 0 saturated carbocycles. The number of aliphatic hydroxyl groups is 1. The Morgan fingerprint density at radius 1 is 1.33 bits per heavy atom. The molecule has 1 aromatic rings. The zero-order valence-electron chi connectivity index (χ0n) is 10.6. The van der Waals surface area contributed by atoms with Crippen molar-refractivity contribution in [1.82, 2.24) is 10.2 Å². The van der Waals surface area contributed by atoms with E-state index in [1.165, 1.54) is 25.0 Å². The molecule has 0 radical (unpaired) electrons. The van der Waals surface area contributed by atoms with Gasteiger partial charge in [-0.15, -0.1) is 0 Å². The lowest BCUT2D eigenvalue weighted by Gasteiger charge is -2.19. The molecule has 0 bridgehead atoms. The molecule has 1 aliphatic heterocycles. The van der Waals surface area contributed by atoms with Crippen LogP contribution in [0.1, 0.15) is 18.4 Å². The zero-order valence-corrected chi connectivity index (χ0v) is 10.6. The second kappa shape index (κ2) is 6.83. The monoisotopic (exact) mass is 252 g/mol. The van der Waals surface area contributed by atoms with Crippen molar-refractivity contribution in [1.29, 1.82) is 0 Å². The first-order valence-corrected chi connectivity index (χ1v) is 6.59. The molecule has 1 unspecified atom stereocenters. The van der Waals surface area contributed by atoms with Gasteiger partial charge in [-0.25, -0.2) is 4.39 Å². The van der Waals surface area contributed by atoms with Crippen LogP contribution in [-0.4, -0.2) is 42.3 Å². The summed E-state index contributed by atoms with van der Waals surface area (Å²) in [5.74, 6) is -0.216. The summed E-state index contributed by atoms with van der Waals surface area (Å²) in [5.41, 5.74) is 0.906. The molecule has 1 atom stereocenters. The number of halogens is 1. The van der Waals surface area contributed by atoms with E-state index in [9.17, 15) is 9.50 Å². The molecule has 0 amide bonds. The minimum Gasteiger partial charge on any atom is -0.390 e. The second-order valence-corrected chi connectivity index (χ2v) is 4.92. The SMILES string of the molecule is OC(CNCc1cccc(F)c1)CN1CCCC1. The third kappa shape index (κ3) is 4.37. The highest BCUT2D eigenvalue weighted by Gasteiger charge is 2.15. The number of likely N-dealkylation sites (tertiary alicyclic amines) is 1. The van der Waals surface area contributed by atoms with Gasteiger partial charge in [-0.1, -0.05) is 12.1 Å². The third-order valence-corrected chi connectivity index (χ3v) is 3.27. The lowest BCUT2D eigenvalue weighted by atomic mass is 10.2. The van der Waals surface area contributed by atoms with Crippen LogP contribution < -0.4 is 5.32 Å². The van der Waals surface area contributed by atoms with Crippen LogP contribution in [0.25, 0.3) is 0 Å². The van der Waals surface area contributed by atoms with Gasteiger partial charge in [-0.05, 0) is 43.6 Å². The van der Waals surface area contributed by atoms with E-state index in [-0.39, 0.29) is 11.9 Å². The fourth-order valence-corrected chi connectivity index (χ4v) is 2.36. The molecule has 1 aromatic carbocycles. The Morgan fingerprint density at radius 2 is 2.11 bits per heavy atom. The van der Waals surface area contributed by atoms with Gasteiger partial charge in [0.15, 0.2) is 0 Å². The van der Waals surface area contributed by atoms with E-state index < -0.39 is 0 Å². The Hall–Kier alpha value is -0.970. The van der Waals surface area contributed by atoms with E-state index in [2.05, 4.69) is 10.2 Å². The molecule has 1 fully saturated rings. The molecule has 0 spiro atoms. The molecular formula is C14H21FN2O. The van der Waals surface area contributed by atoms with E-state index in [1.54, 1.807) is 6.07 Å².